The first-order valence-corrected chi connectivity index (χ1v) is 11.5. The summed E-state index contributed by atoms with van der Waals surface area (Å²) in [6.07, 6.45) is 5.25. The zero-order chi connectivity index (χ0) is 21.7. The molecule has 3 rings (SSSR count). The third-order valence-corrected chi connectivity index (χ3v) is 6.88. The summed E-state index contributed by atoms with van der Waals surface area (Å²) in [6, 6.07) is 7.85. The van der Waals surface area contributed by atoms with Crippen LogP contribution in [0.5, 0.6) is 5.75 Å². The molecular formula is C21H29N3O5S. The van der Waals surface area contributed by atoms with Crippen LogP contribution in [-0.4, -0.2) is 53.0 Å². The average Bonchev–Trinajstić information content (AvgIpc) is 3.41. The van der Waals surface area contributed by atoms with E-state index in [0.717, 1.165) is 31.4 Å². The summed E-state index contributed by atoms with van der Waals surface area (Å²) >= 11 is 0. The van der Waals surface area contributed by atoms with Crippen LogP contribution in [0.4, 0.5) is 0 Å². The highest BCUT2D eigenvalue weighted by molar-refractivity contribution is 7.89. The van der Waals surface area contributed by atoms with Crippen molar-refractivity contribution in [1.29, 1.82) is 0 Å². The van der Waals surface area contributed by atoms with Gasteiger partial charge in [-0.3, -0.25) is 9.69 Å². The van der Waals surface area contributed by atoms with E-state index < -0.39 is 10.0 Å². The number of carbonyl (C=O) groups is 1. The van der Waals surface area contributed by atoms with E-state index in [0.29, 0.717) is 6.54 Å². The molecule has 2 N–H and O–H groups in total. The van der Waals surface area contributed by atoms with Gasteiger partial charge in [-0.15, -0.1) is 0 Å². The van der Waals surface area contributed by atoms with Crippen molar-refractivity contribution in [2.75, 3.05) is 27.7 Å². The maximum Gasteiger partial charge on any atom is 0.251 e. The first kappa shape index (κ1) is 22.3. The molecule has 1 saturated carbocycles. The molecule has 9 heteroatoms. The van der Waals surface area contributed by atoms with Gasteiger partial charge in [-0.25, -0.2) is 13.1 Å². The van der Waals surface area contributed by atoms with Gasteiger partial charge in [-0.1, -0.05) is 12.8 Å². The van der Waals surface area contributed by atoms with Crippen LogP contribution < -0.4 is 14.8 Å². The van der Waals surface area contributed by atoms with Crippen molar-refractivity contribution in [2.24, 2.45) is 0 Å². The smallest absolute Gasteiger partial charge is 0.251 e. The standard InChI is InChI=1S/C21H29N3O5S/c1-24(2)17(18-9-6-12-29-18)14-22-21(25)15-10-11-19(28-3)20(13-15)30(26,27)23-16-7-4-5-8-16/h6,9-13,16-17,23H,4-5,7-8,14H2,1-3H3,(H,22,25)/t17-/m0/s1. The fraction of sp³-hybridized carbons (Fsp3) is 0.476. The van der Waals surface area contributed by atoms with E-state index in [1.165, 1.54) is 19.2 Å². The van der Waals surface area contributed by atoms with Gasteiger partial charge < -0.3 is 14.5 Å². The Kier molecular flexibility index (Phi) is 7.17. The molecule has 1 atom stereocenters. The SMILES string of the molecule is COc1ccc(C(=O)NC[C@@H](c2ccco2)N(C)C)cc1S(=O)(=O)NC1CCCC1. The number of ether oxygens (including phenoxy) is 1. The molecule has 164 valence electrons. The predicted octanol–water partition coefficient (Wildman–Crippen LogP) is 2.54. The Labute approximate surface area is 177 Å². The van der Waals surface area contributed by atoms with Crippen molar-refractivity contribution in [3.05, 3.63) is 47.9 Å². The van der Waals surface area contributed by atoms with Gasteiger partial charge >= 0.3 is 0 Å². The normalized spacial score (nSPS) is 16.0. The van der Waals surface area contributed by atoms with Gasteiger partial charge in [0.1, 0.15) is 16.4 Å². The molecule has 2 aromatic rings. The van der Waals surface area contributed by atoms with Gasteiger partial charge in [-0.05, 0) is 57.3 Å². The molecule has 1 aromatic carbocycles. The van der Waals surface area contributed by atoms with Crippen LogP contribution in [0.2, 0.25) is 0 Å². The Balaban J connectivity index is 1.77. The molecule has 0 spiro atoms. The second-order valence-corrected chi connectivity index (χ2v) is 9.36. The largest absolute Gasteiger partial charge is 0.495 e. The summed E-state index contributed by atoms with van der Waals surface area (Å²) < 4.78 is 39.3. The molecule has 30 heavy (non-hydrogen) atoms. The Hall–Kier alpha value is -2.36. The minimum atomic E-state index is -3.80. The molecule has 1 fully saturated rings. The maximum atomic E-state index is 12.9. The van der Waals surface area contributed by atoms with Crippen molar-refractivity contribution in [1.82, 2.24) is 14.9 Å². The predicted molar refractivity (Wildman–Crippen MR) is 113 cm³/mol. The van der Waals surface area contributed by atoms with Crippen LogP contribution in [0.25, 0.3) is 0 Å². The summed E-state index contributed by atoms with van der Waals surface area (Å²) in [6.45, 7) is 0.313. The quantitative estimate of drug-likeness (QED) is 0.628. The van der Waals surface area contributed by atoms with Crippen LogP contribution >= 0.6 is 0 Å². The number of hydrogen-bond acceptors (Lipinski definition) is 6. The van der Waals surface area contributed by atoms with Crippen LogP contribution in [0.15, 0.2) is 45.9 Å². The number of carbonyl (C=O) groups excluding carboxylic acids is 1. The third-order valence-electron chi connectivity index (χ3n) is 5.34. The van der Waals surface area contributed by atoms with E-state index >= 15 is 0 Å². The highest BCUT2D eigenvalue weighted by Gasteiger charge is 2.27. The third kappa shape index (κ3) is 5.21. The van der Waals surface area contributed by atoms with E-state index in [2.05, 4.69) is 10.0 Å². The Morgan fingerprint density at radius 1 is 1.27 bits per heavy atom. The average molecular weight is 436 g/mol. The maximum absolute atomic E-state index is 12.9. The number of nitrogens with one attached hydrogen (secondary N) is 2. The minimum absolute atomic E-state index is 0.0280. The minimum Gasteiger partial charge on any atom is -0.495 e. The van der Waals surface area contributed by atoms with E-state index in [-0.39, 0.29) is 34.2 Å². The lowest BCUT2D eigenvalue weighted by Gasteiger charge is -2.22. The van der Waals surface area contributed by atoms with Gasteiger partial charge in [0, 0.05) is 18.2 Å². The molecule has 1 heterocycles. The monoisotopic (exact) mass is 435 g/mol. The highest BCUT2D eigenvalue weighted by Crippen LogP contribution is 2.27. The van der Waals surface area contributed by atoms with Crippen molar-refractivity contribution in [2.45, 2.75) is 42.7 Å². The Morgan fingerprint density at radius 2 is 2.00 bits per heavy atom. The van der Waals surface area contributed by atoms with Gasteiger partial charge in [0.25, 0.3) is 5.91 Å². The van der Waals surface area contributed by atoms with Gasteiger partial charge in [-0.2, -0.15) is 0 Å². The molecule has 0 aliphatic heterocycles. The number of furan rings is 1. The summed E-state index contributed by atoms with van der Waals surface area (Å²) in [5.74, 6) is 0.575. The zero-order valence-electron chi connectivity index (χ0n) is 17.6. The van der Waals surface area contributed by atoms with Crippen LogP contribution in [0.3, 0.4) is 0 Å². The van der Waals surface area contributed by atoms with Gasteiger partial charge in [0.15, 0.2) is 0 Å². The Morgan fingerprint density at radius 3 is 2.60 bits per heavy atom. The lowest BCUT2D eigenvalue weighted by molar-refractivity contribution is 0.0939. The molecule has 0 bridgehead atoms. The van der Waals surface area contributed by atoms with Crippen LogP contribution in [-0.2, 0) is 10.0 Å². The molecular weight excluding hydrogens is 406 g/mol. The number of likely N-dealkylation sites (N-methyl/N-ethyl adjacent to an activating group) is 1. The number of methoxy groups -OCH3 is 1. The lowest BCUT2D eigenvalue weighted by atomic mass is 10.1. The van der Waals surface area contributed by atoms with Crippen molar-refractivity contribution in [3.8, 4) is 5.75 Å². The second kappa shape index (κ2) is 9.63. The zero-order valence-corrected chi connectivity index (χ0v) is 18.4. The molecule has 0 radical (unpaired) electrons. The lowest BCUT2D eigenvalue weighted by Crippen LogP contribution is -2.35. The van der Waals surface area contributed by atoms with Crippen molar-refractivity contribution >= 4 is 15.9 Å². The van der Waals surface area contributed by atoms with E-state index in [1.54, 1.807) is 18.4 Å². The van der Waals surface area contributed by atoms with Crippen molar-refractivity contribution in [3.63, 3.8) is 0 Å². The number of sulfonamides is 1. The number of amides is 1. The number of rotatable bonds is 9. The molecule has 0 unspecified atom stereocenters. The second-order valence-electron chi connectivity index (χ2n) is 7.67. The number of hydrogen-bond donors (Lipinski definition) is 2. The molecule has 8 nitrogen and oxygen atoms in total. The van der Waals surface area contributed by atoms with Gasteiger partial charge in [0.05, 0.1) is 19.4 Å². The summed E-state index contributed by atoms with van der Waals surface area (Å²) in [5, 5.41) is 2.86. The molecule has 1 amide bonds. The summed E-state index contributed by atoms with van der Waals surface area (Å²) in [7, 11) is 1.40. The molecule has 1 aliphatic rings. The summed E-state index contributed by atoms with van der Waals surface area (Å²) in [4.78, 5) is 14.7. The topological polar surface area (TPSA) is 101 Å². The fourth-order valence-corrected chi connectivity index (χ4v) is 5.16. The first-order chi connectivity index (χ1) is 14.3. The first-order valence-electron chi connectivity index (χ1n) is 10.00. The molecule has 1 aliphatic carbocycles. The number of nitrogens with zero attached hydrogens (tertiary/aromatic N) is 1. The molecule has 1 aromatic heterocycles. The van der Waals surface area contributed by atoms with Crippen LogP contribution in [0.1, 0.15) is 47.8 Å². The van der Waals surface area contributed by atoms with Crippen molar-refractivity contribution < 1.29 is 22.4 Å². The van der Waals surface area contributed by atoms with Crippen LogP contribution in [0, 0.1) is 0 Å². The van der Waals surface area contributed by atoms with E-state index in [9.17, 15) is 13.2 Å². The molecule has 0 saturated heterocycles. The number of benzene rings is 1. The summed E-state index contributed by atoms with van der Waals surface area (Å²) in [5.41, 5.74) is 0.250. The Bertz CT molecular complexity index is 951. The highest BCUT2D eigenvalue weighted by atomic mass is 32.2. The van der Waals surface area contributed by atoms with E-state index in [4.69, 9.17) is 9.15 Å². The fourth-order valence-electron chi connectivity index (χ4n) is 3.66. The van der Waals surface area contributed by atoms with E-state index in [1.807, 2.05) is 25.1 Å². The van der Waals surface area contributed by atoms with Gasteiger partial charge in [0.2, 0.25) is 10.0 Å².